The fourth-order valence-corrected chi connectivity index (χ4v) is 0.667. The molecule has 6 heteroatoms. The van der Waals surface area contributed by atoms with Crippen molar-refractivity contribution in [3.8, 4) is 0 Å². The van der Waals surface area contributed by atoms with Gasteiger partial charge in [0.1, 0.15) is 0 Å². The van der Waals surface area contributed by atoms with Crippen LogP contribution in [0.25, 0.3) is 0 Å². The maximum absolute atomic E-state index is 10.6. The lowest BCUT2D eigenvalue weighted by atomic mass is 10.2. The Morgan fingerprint density at radius 2 is 2.36 bits per heavy atom. The molecule has 0 radical (unpaired) electrons. The van der Waals surface area contributed by atoms with E-state index in [1.807, 2.05) is 0 Å². The summed E-state index contributed by atoms with van der Waals surface area (Å²) in [6, 6.07) is 0. The molecule has 0 aromatic heterocycles. The molecule has 0 saturated carbocycles. The van der Waals surface area contributed by atoms with Crippen LogP contribution in [-0.4, -0.2) is 11.1 Å². The van der Waals surface area contributed by atoms with Gasteiger partial charge >= 0.3 is 14.2 Å². The van der Waals surface area contributed by atoms with Crippen molar-refractivity contribution in [2.45, 2.75) is 13.3 Å². The van der Waals surface area contributed by atoms with Crippen molar-refractivity contribution in [1.29, 1.82) is 0 Å². The summed E-state index contributed by atoms with van der Waals surface area (Å²) >= 11 is 0. The third kappa shape index (κ3) is 3.70. The van der Waals surface area contributed by atoms with Gasteiger partial charge in [0.05, 0.1) is 11.8 Å². The highest BCUT2D eigenvalue weighted by atomic mass is 31.1. The van der Waals surface area contributed by atoms with Crippen LogP contribution in [0.1, 0.15) is 13.3 Å². The summed E-state index contributed by atoms with van der Waals surface area (Å²) in [5.41, 5.74) is -0.0794. The van der Waals surface area contributed by atoms with E-state index >= 15 is 0 Å². The number of carbonyl (C=O) groups excluding carboxylic acids is 1. The minimum absolute atomic E-state index is 0.0794. The zero-order chi connectivity index (χ0) is 8.85. The molecule has 0 heterocycles. The predicted molar refractivity (Wildman–Crippen MR) is 34.7 cm³/mol. The van der Waals surface area contributed by atoms with E-state index in [2.05, 4.69) is 4.52 Å². The molecule has 0 rings (SSSR count). The van der Waals surface area contributed by atoms with E-state index in [0.29, 0.717) is 6.26 Å². The summed E-state index contributed by atoms with van der Waals surface area (Å²) in [7, 11) is -3.19. The molecule has 0 spiro atoms. The van der Waals surface area contributed by atoms with Crippen LogP contribution < -0.4 is 4.89 Å². The summed E-state index contributed by atoms with van der Waals surface area (Å²) in [6.07, 6.45) is 0.750. The molecule has 0 aromatic carbocycles. The van der Waals surface area contributed by atoms with Gasteiger partial charge in [-0.3, -0.25) is 0 Å². The fourth-order valence-electron chi connectivity index (χ4n) is 0.415. The Balaban J connectivity index is 4.12. The van der Waals surface area contributed by atoms with Crippen molar-refractivity contribution in [2.75, 3.05) is 0 Å². The first-order chi connectivity index (χ1) is 5.11. The van der Waals surface area contributed by atoms with E-state index in [9.17, 15) is 14.3 Å². The van der Waals surface area contributed by atoms with Crippen molar-refractivity contribution < 1.29 is 23.9 Å². The van der Waals surface area contributed by atoms with Crippen molar-refractivity contribution in [3.05, 3.63) is 11.8 Å². The van der Waals surface area contributed by atoms with Crippen molar-refractivity contribution >= 4 is 14.2 Å². The second-order valence-corrected chi connectivity index (χ2v) is 2.24. The molecule has 0 bridgehead atoms. The molecule has 0 aliphatic heterocycles. The summed E-state index contributed by atoms with van der Waals surface area (Å²) in [5, 5.41) is 8.35. The molecule has 5 nitrogen and oxygen atoms in total. The number of aliphatic hydroxyl groups is 1. The first-order valence-corrected chi connectivity index (χ1v) is 3.91. The highest BCUT2D eigenvalue weighted by Gasteiger charge is 2.16. The lowest BCUT2D eigenvalue weighted by molar-refractivity contribution is -0.187. The molecule has 11 heavy (non-hydrogen) atoms. The summed E-state index contributed by atoms with van der Waals surface area (Å²) < 4.78 is 13.6. The molecular weight excluding hydrogens is 171 g/mol. The number of rotatable bonds is 3. The lowest BCUT2D eigenvalue weighted by Gasteiger charge is -1.94. The first-order valence-electron chi connectivity index (χ1n) is 2.81. The topological polar surface area (TPSA) is 86.7 Å². The smallest absolute Gasteiger partial charge is 0.542 e. The van der Waals surface area contributed by atoms with Gasteiger partial charge in [0, 0.05) is 0 Å². The van der Waals surface area contributed by atoms with Crippen LogP contribution in [0.3, 0.4) is 0 Å². The SMILES string of the molecule is CCC(=CO)C(=O)O[P+](=O)[O-]. The number of hydrogen-bond donors (Lipinski definition) is 1. The highest BCUT2D eigenvalue weighted by molar-refractivity contribution is 7.31. The van der Waals surface area contributed by atoms with E-state index in [1.54, 1.807) is 6.92 Å². The Bertz CT molecular complexity index is 197. The molecule has 0 aromatic rings. The van der Waals surface area contributed by atoms with Crippen molar-refractivity contribution in [3.63, 3.8) is 0 Å². The maximum Gasteiger partial charge on any atom is 0.542 e. The van der Waals surface area contributed by atoms with Gasteiger partial charge in [0.2, 0.25) is 0 Å². The van der Waals surface area contributed by atoms with Crippen LogP contribution in [0.2, 0.25) is 0 Å². The van der Waals surface area contributed by atoms with Crippen LogP contribution in [0.5, 0.6) is 0 Å². The Morgan fingerprint density at radius 1 is 1.82 bits per heavy atom. The number of carbonyl (C=O) groups is 1. The molecule has 0 aliphatic carbocycles. The molecule has 62 valence electrons. The molecule has 1 unspecified atom stereocenters. The van der Waals surface area contributed by atoms with Crippen molar-refractivity contribution in [2.24, 2.45) is 0 Å². The molecule has 0 saturated heterocycles. The van der Waals surface area contributed by atoms with Gasteiger partial charge in [0.25, 0.3) is 0 Å². The quantitative estimate of drug-likeness (QED) is 0.384. The van der Waals surface area contributed by atoms with Crippen molar-refractivity contribution in [1.82, 2.24) is 0 Å². The van der Waals surface area contributed by atoms with Gasteiger partial charge < -0.3 is 10.00 Å². The summed E-state index contributed by atoms with van der Waals surface area (Å²) in [5.74, 6) is -1.04. The lowest BCUT2D eigenvalue weighted by Crippen LogP contribution is -2.05. The van der Waals surface area contributed by atoms with Crippen LogP contribution in [0.4, 0.5) is 0 Å². The van der Waals surface area contributed by atoms with Gasteiger partial charge in [0.15, 0.2) is 0 Å². The van der Waals surface area contributed by atoms with E-state index in [4.69, 9.17) is 5.11 Å². The van der Waals surface area contributed by atoms with Gasteiger partial charge in [-0.25, -0.2) is 9.32 Å². The van der Waals surface area contributed by atoms with Gasteiger partial charge in [-0.15, -0.1) is 0 Å². The third-order valence-electron chi connectivity index (χ3n) is 0.956. The second kappa shape index (κ2) is 4.82. The Hall–Kier alpha value is -0.930. The second-order valence-electron chi connectivity index (χ2n) is 1.61. The molecule has 0 fully saturated rings. The average molecular weight is 178 g/mol. The van der Waals surface area contributed by atoms with Gasteiger partial charge in [-0.05, 0) is 11.0 Å². The molecule has 0 amide bonds. The fraction of sp³-hybridized carbons (Fsp3) is 0.400. The highest BCUT2D eigenvalue weighted by Crippen LogP contribution is 2.14. The zero-order valence-electron chi connectivity index (χ0n) is 5.81. The third-order valence-corrected chi connectivity index (χ3v) is 1.27. The maximum atomic E-state index is 10.6. The largest absolute Gasteiger partial charge is 0.558 e. The first kappa shape index (κ1) is 10.1. The molecular formula is C5H7O5P. The molecule has 1 N–H and O–H groups in total. The Kier molecular flexibility index (Phi) is 4.41. The number of aliphatic hydroxyl groups excluding tert-OH is 1. The van der Waals surface area contributed by atoms with Crippen LogP contribution in [0.15, 0.2) is 11.8 Å². The van der Waals surface area contributed by atoms with E-state index < -0.39 is 14.2 Å². The van der Waals surface area contributed by atoms with Gasteiger partial charge in [-0.1, -0.05) is 6.92 Å². The Labute approximate surface area is 64.3 Å². The predicted octanol–water partition coefficient (Wildman–Crippen LogP) is 0.399. The normalized spacial score (nSPS) is 12.5. The monoisotopic (exact) mass is 178 g/mol. The van der Waals surface area contributed by atoms with E-state index in [-0.39, 0.29) is 12.0 Å². The van der Waals surface area contributed by atoms with Crippen LogP contribution >= 0.6 is 8.25 Å². The summed E-state index contributed by atoms with van der Waals surface area (Å²) in [6.45, 7) is 1.58. The van der Waals surface area contributed by atoms with Crippen LogP contribution in [0, 0.1) is 0 Å². The number of hydrogen-bond acceptors (Lipinski definition) is 5. The molecule has 1 atom stereocenters. The van der Waals surface area contributed by atoms with E-state index in [0.717, 1.165) is 0 Å². The van der Waals surface area contributed by atoms with Gasteiger partial charge in [-0.2, -0.15) is 0 Å². The van der Waals surface area contributed by atoms with Crippen LogP contribution in [-0.2, 0) is 13.9 Å². The minimum atomic E-state index is -3.19. The molecule has 0 aliphatic rings. The Morgan fingerprint density at radius 3 is 2.64 bits per heavy atom. The average Bonchev–Trinajstić information content (AvgIpc) is 1.88. The summed E-state index contributed by atoms with van der Waals surface area (Å²) in [4.78, 5) is 20.4. The minimum Gasteiger partial charge on any atom is -0.558 e. The van der Waals surface area contributed by atoms with E-state index in [1.165, 1.54) is 0 Å². The zero-order valence-corrected chi connectivity index (χ0v) is 6.71. The standard InChI is InChI=1S/C5H7O5P/c1-2-4(3-6)5(7)10-11(8)9/h3,6H,2H2,1H3.